The second-order valence-electron chi connectivity index (χ2n) is 11.1. The van der Waals surface area contributed by atoms with Gasteiger partial charge in [0, 0.05) is 25.3 Å². The van der Waals surface area contributed by atoms with E-state index in [0.717, 1.165) is 67.7 Å². The van der Waals surface area contributed by atoms with Crippen LogP contribution in [0.15, 0.2) is 55.0 Å². The zero-order valence-corrected chi connectivity index (χ0v) is 23.2. The maximum absolute atomic E-state index is 12.9. The molecule has 1 aromatic carbocycles. The van der Waals surface area contributed by atoms with Crippen LogP contribution in [0, 0.1) is 11.8 Å². The maximum atomic E-state index is 12.9. The van der Waals surface area contributed by atoms with Gasteiger partial charge in [-0.3, -0.25) is 4.79 Å². The minimum absolute atomic E-state index is 0.231. The van der Waals surface area contributed by atoms with Gasteiger partial charge in [0.1, 0.15) is 5.82 Å². The van der Waals surface area contributed by atoms with Crippen LogP contribution in [0.25, 0.3) is 11.1 Å². The van der Waals surface area contributed by atoms with E-state index in [1.807, 2.05) is 36.5 Å². The fraction of sp³-hybridized carbons (Fsp3) is 0.484. The maximum Gasteiger partial charge on any atom is 0.451 e. The molecule has 7 nitrogen and oxygen atoms in total. The van der Waals surface area contributed by atoms with Crippen LogP contribution in [0.1, 0.15) is 56.3 Å². The highest BCUT2D eigenvalue weighted by atomic mass is 19.4. The number of rotatable bonds is 8. The number of nitrogens with zero attached hydrogens (tertiary/aromatic N) is 4. The number of benzene rings is 1. The Morgan fingerprint density at radius 3 is 2.59 bits per heavy atom. The molecule has 0 spiro atoms. The third-order valence-corrected chi connectivity index (χ3v) is 8.25. The molecule has 2 aromatic heterocycles. The lowest BCUT2D eigenvalue weighted by molar-refractivity contribution is -0.145. The average molecular weight is 568 g/mol. The molecule has 10 heteroatoms. The minimum atomic E-state index is -4.53. The van der Waals surface area contributed by atoms with E-state index >= 15 is 0 Å². The number of carbonyl (C=O) groups is 1. The van der Waals surface area contributed by atoms with E-state index in [9.17, 15) is 18.0 Å². The molecule has 2 fully saturated rings. The van der Waals surface area contributed by atoms with Gasteiger partial charge in [-0.15, -0.1) is 0 Å². The van der Waals surface area contributed by atoms with Crippen molar-refractivity contribution in [3.8, 4) is 11.1 Å². The molecule has 1 saturated heterocycles. The number of anilines is 2. The van der Waals surface area contributed by atoms with Crippen molar-refractivity contribution in [2.75, 3.05) is 30.4 Å². The predicted molar refractivity (Wildman–Crippen MR) is 151 cm³/mol. The van der Waals surface area contributed by atoms with E-state index in [4.69, 9.17) is 4.74 Å². The van der Waals surface area contributed by atoms with Crippen molar-refractivity contribution in [1.82, 2.24) is 15.0 Å². The molecule has 0 unspecified atom stereocenters. The van der Waals surface area contributed by atoms with Crippen LogP contribution in [0.5, 0.6) is 0 Å². The zero-order valence-electron chi connectivity index (χ0n) is 23.2. The van der Waals surface area contributed by atoms with Gasteiger partial charge in [-0.1, -0.05) is 37.1 Å². The fourth-order valence-corrected chi connectivity index (χ4v) is 6.21. The summed E-state index contributed by atoms with van der Waals surface area (Å²) in [6.07, 6.45) is 7.87. The van der Waals surface area contributed by atoms with Crippen molar-refractivity contribution >= 4 is 17.5 Å². The number of pyridine rings is 1. The number of aromatic nitrogens is 3. The van der Waals surface area contributed by atoms with Crippen LogP contribution < -0.4 is 10.2 Å². The Balaban J connectivity index is 1.23. The summed E-state index contributed by atoms with van der Waals surface area (Å²) in [6.45, 7) is 1.60. The van der Waals surface area contributed by atoms with Gasteiger partial charge in [-0.25, -0.2) is 15.0 Å². The number of nitrogens with one attached hydrogen (secondary N) is 1. The molecule has 3 aromatic rings. The number of hydrogen-bond acceptors (Lipinski definition) is 7. The van der Waals surface area contributed by atoms with Gasteiger partial charge in [0.15, 0.2) is 0 Å². The van der Waals surface area contributed by atoms with Crippen LogP contribution in [-0.2, 0) is 22.1 Å². The second-order valence-corrected chi connectivity index (χ2v) is 11.1. The molecule has 1 saturated carbocycles. The Morgan fingerprint density at radius 2 is 1.80 bits per heavy atom. The van der Waals surface area contributed by atoms with Crippen LogP contribution in [0.3, 0.4) is 0 Å². The lowest BCUT2D eigenvalue weighted by atomic mass is 9.77. The summed E-state index contributed by atoms with van der Waals surface area (Å²) in [6, 6.07) is 12.3. The third-order valence-electron chi connectivity index (χ3n) is 8.25. The first kappa shape index (κ1) is 28.8. The standard InChI is InChI=1S/C31H36F3N5O2/c1-41-29(40)16-21-6-4-9-23(14-21)24-11-12-35-28(17-24)38-27-10-3-2-8-25(27)15-22-7-5-13-39(20-22)26-18-36-30(37-19-26)31(32,33)34/h4,6,9,11-12,14,17-19,22,25,27H,2-3,5,7-8,10,13,15-16,20H2,1H3,(H,35,38)/t22-,25+,27-/m1/s1. The largest absolute Gasteiger partial charge is 0.469 e. The third kappa shape index (κ3) is 7.54. The molecule has 1 N–H and O–H groups in total. The van der Waals surface area contributed by atoms with Crippen molar-refractivity contribution in [2.45, 2.75) is 63.6 Å². The van der Waals surface area contributed by atoms with E-state index in [-0.39, 0.29) is 12.4 Å². The van der Waals surface area contributed by atoms with Gasteiger partial charge < -0.3 is 15.0 Å². The summed E-state index contributed by atoms with van der Waals surface area (Å²) >= 11 is 0. The van der Waals surface area contributed by atoms with Crippen molar-refractivity contribution in [2.24, 2.45) is 11.8 Å². The molecule has 0 radical (unpaired) electrons. The Morgan fingerprint density at radius 1 is 1.02 bits per heavy atom. The van der Waals surface area contributed by atoms with Crippen molar-refractivity contribution < 1.29 is 22.7 Å². The van der Waals surface area contributed by atoms with Crippen LogP contribution in [0.4, 0.5) is 24.7 Å². The molecule has 218 valence electrons. The first-order valence-electron chi connectivity index (χ1n) is 14.3. The highest BCUT2D eigenvalue weighted by molar-refractivity contribution is 5.74. The molecule has 1 aliphatic heterocycles. The monoisotopic (exact) mass is 567 g/mol. The first-order valence-corrected chi connectivity index (χ1v) is 14.3. The summed E-state index contributed by atoms with van der Waals surface area (Å²) < 4.78 is 43.5. The van der Waals surface area contributed by atoms with Gasteiger partial charge in [0.25, 0.3) is 0 Å². The number of methoxy groups -OCH3 is 1. The number of halogens is 3. The summed E-state index contributed by atoms with van der Waals surface area (Å²) in [5.74, 6) is 0.417. The molecule has 2 aliphatic rings. The highest BCUT2D eigenvalue weighted by Crippen LogP contribution is 2.36. The van der Waals surface area contributed by atoms with Crippen molar-refractivity contribution in [1.29, 1.82) is 0 Å². The number of alkyl halides is 3. The zero-order chi connectivity index (χ0) is 28.8. The average Bonchev–Trinajstić information content (AvgIpc) is 2.98. The quantitative estimate of drug-likeness (QED) is 0.309. The Kier molecular flexibility index (Phi) is 9.05. The number of piperidine rings is 1. The van der Waals surface area contributed by atoms with Crippen molar-refractivity contribution in [3.63, 3.8) is 0 Å². The SMILES string of the molecule is COC(=O)Cc1cccc(-c2ccnc(N[C@@H]3CCCC[C@H]3C[C@H]3CCCN(c4cnc(C(F)(F)F)nc4)C3)c2)c1. The number of ether oxygens (including phenoxy) is 1. The lowest BCUT2D eigenvalue weighted by Gasteiger charge is -2.39. The topological polar surface area (TPSA) is 80.2 Å². The summed E-state index contributed by atoms with van der Waals surface area (Å²) in [7, 11) is 1.39. The number of carbonyl (C=O) groups excluding carboxylic acids is 1. The molecular weight excluding hydrogens is 531 g/mol. The van der Waals surface area contributed by atoms with Gasteiger partial charge in [-0.05, 0) is 72.8 Å². The molecule has 0 bridgehead atoms. The summed E-state index contributed by atoms with van der Waals surface area (Å²) in [5.41, 5.74) is 3.60. The van der Waals surface area contributed by atoms with E-state index in [0.29, 0.717) is 23.6 Å². The lowest BCUT2D eigenvalue weighted by Crippen LogP contribution is -2.39. The van der Waals surface area contributed by atoms with E-state index in [2.05, 4.69) is 31.2 Å². The second kappa shape index (κ2) is 12.9. The Bertz CT molecular complexity index is 1320. The van der Waals surface area contributed by atoms with E-state index in [1.54, 1.807) is 0 Å². The number of esters is 1. The summed E-state index contributed by atoms with van der Waals surface area (Å²) in [4.78, 5) is 25.6. The predicted octanol–water partition coefficient (Wildman–Crippen LogP) is 6.55. The minimum Gasteiger partial charge on any atom is -0.469 e. The van der Waals surface area contributed by atoms with Crippen LogP contribution >= 0.6 is 0 Å². The smallest absolute Gasteiger partial charge is 0.451 e. The van der Waals surface area contributed by atoms with E-state index < -0.39 is 12.0 Å². The molecule has 0 amide bonds. The fourth-order valence-electron chi connectivity index (χ4n) is 6.21. The molecule has 3 heterocycles. The van der Waals surface area contributed by atoms with Crippen LogP contribution in [-0.4, -0.2) is 47.2 Å². The first-order chi connectivity index (χ1) is 19.8. The molecule has 41 heavy (non-hydrogen) atoms. The normalized spacial score (nSPS) is 21.4. The molecular formula is C31H36F3N5O2. The molecule has 5 rings (SSSR count). The molecule has 1 aliphatic carbocycles. The van der Waals surface area contributed by atoms with E-state index in [1.165, 1.54) is 32.3 Å². The van der Waals surface area contributed by atoms with Gasteiger partial charge >= 0.3 is 12.1 Å². The Hall–Kier alpha value is -3.69. The van der Waals surface area contributed by atoms with Crippen LogP contribution in [0.2, 0.25) is 0 Å². The van der Waals surface area contributed by atoms with Crippen molar-refractivity contribution in [3.05, 3.63) is 66.4 Å². The van der Waals surface area contributed by atoms with Gasteiger partial charge in [0.05, 0.1) is 31.6 Å². The Labute approximate surface area is 238 Å². The highest BCUT2D eigenvalue weighted by Gasteiger charge is 2.35. The summed E-state index contributed by atoms with van der Waals surface area (Å²) in [5, 5.41) is 3.72. The van der Waals surface area contributed by atoms with Gasteiger partial charge in [-0.2, -0.15) is 13.2 Å². The van der Waals surface area contributed by atoms with Gasteiger partial charge in [0.2, 0.25) is 5.82 Å². The number of hydrogen-bond donors (Lipinski definition) is 1. The molecule has 3 atom stereocenters.